The van der Waals surface area contributed by atoms with E-state index in [-0.39, 0.29) is 29.3 Å². The van der Waals surface area contributed by atoms with Gasteiger partial charge in [0.25, 0.3) is 17.7 Å². The van der Waals surface area contributed by atoms with Gasteiger partial charge in [-0.2, -0.15) is 0 Å². The van der Waals surface area contributed by atoms with E-state index < -0.39 is 30.8 Å². The number of hydrogen-bond acceptors (Lipinski definition) is 6. The molecule has 0 spiro atoms. The van der Waals surface area contributed by atoms with E-state index in [2.05, 4.69) is 25.5 Å². The Morgan fingerprint density at radius 1 is 1.11 bits per heavy atom. The Balaban J connectivity index is 1.13. The van der Waals surface area contributed by atoms with Crippen LogP contribution in [0.2, 0.25) is 5.02 Å². The van der Waals surface area contributed by atoms with Crippen molar-refractivity contribution in [2.45, 2.75) is 37.6 Å². The lowest BCUT2D eigenvalue weighted by atomic mass is 9.85. The van der Waals surface area contributed by atoms with E-state index in [0.29, 0.717) is 49.6 Å². The van der Waals surface area contributed by atoms with Gasteiger partial charge in [0.2, 0.25) is 5.91 Å². The predicted molar refractivity (Wildman–Crippen MR) is 136 cm³/mol. The van der Waals surface area contributed by atoms with E-state index in [9.17, 15) is 23.2 Å². The molecule has 3 heterocycles. The Hall–Kier alpha value is -3.25. The molecule has 1 aromatic heterocycles. The summed E-state index contributed by atoms with van der Waals surface area (Å²) in [6.45, 7) is 1.49. The molecule has 0 unspecified atom stereocenters. The normalized spacial score (nSPS) is 22.9. The molecular weight excluding hydrogens is 522 g/mol. The summed E-state index contributed by atoms with van der Waals surface area (Å²) < 4.78 is 31.7. The highest BCUT2D eigenvalue weighted by Crippen LogP contribution is 2.31. The number of carbonyl (C=O) groups excluding carboxylic acids is 3. The lowest BCUT2D eigenvalue weighted by Crippen LogP contribution is -2.58. The van der Waals surface area contributed by atoms with Crippen molar-refractivity contribution in [3.8, 4) is 0 Å². The van der Waals surface area contributed by atoms with Gasteiger partial charge in [0.1, 0.15) is 5.69 Å². The molecular formula is C25H29ClF2N6O4. The zero-order valence-electron chi connectivity index (χ0n) is 20.6. The van der Waals surface area contributed by atoms with E-state index in [0.717, 1.165) is 23.7 Å². The minimum Gasteiger partial charge on any atom is -0.378 e. The average molecular weight is 551 g/mol. The van der Waals surface area contributed by atoms with Crippen molar-refractivity contribution in [2.75, 3.05) is 49.6 Å². The molecule has 3 fully saturated rings. The fourth-order valence-corrected chi connectivity index (χ4v) is 5.22. The molecule has 0 bridgehead atoms. The standard InChI is InChI=1S/C25H29ClF2N6O4/c26-18-6-5-17(33-7-9-38-10-8-33)11-19(18)32-22(35)15-1-3-16(4-2-15)31-23(36)20-21(30-14-29-20)24(37)34-12-25(27,28)13-34/h5-6,11,14-16H,1-4,7-10,12-13H2,(H,29,30)(H,31,36)(H,32,35). The van der Waals surface area contributed by atoms with E-state index in [4.69, 9.17) is 16.3 Å². The highest BCUT2D eigenvalue weighted by Gasteiger charge is 2.47. The molecule has 38 heavy (non-hydrogen) atoms. The van der Waals surface area contributed by atoms with Crippen LogP contribution in [0.5, 0.6) is 0 Å². The first kappa shape index (κ1) is 26.4. The lowest BCUT2D eigenvalue weighted by molar-refractivity contribution is -0.120. The number of imidazole rings is 1. The largest absolute Gasteiger partial charge is 0.378 e. The zero-order chi connectivity index (χ0) is 26.9. The number of H-pyrrole nitrogens is 1. The van der Waals surface area contributed by atoms with Crippen LogP contribution in [0.4, 0.5) is 20.2 Å². The van der Waals surface area contributed by atoms with Gasteiger partial charge < -0.3 is 30.2 Å². The van der Waals surface area contributed by atoms with Gasteiger partial charge in [-0.15, -0.1) is 0 Å². The molecule has 0 radical (unpaired) electrons. The van der Waals surface area contributed by atoms with Crippen LogP contribution in [0.3, 0.4) is 0 Å². The monoisotopic (exact) mass is 550 g/mol. The number of halogens is 3. The molecule has 1 saturated carbocycles. The van der Waals surface area contributed by atoms with Gasteiger partial charge >= 0.3 is 0 Å². The maximum atomic E-state index is 13.1. The maximum absolute atomic E-state index is 13.1. The first-order chi connectivity index (χ1) is 18.2. The maximum Gasteiger partial charge on any atom is 0.282 e. The zero-order valence-corrected chi connectivity index (χ0v) is 21.4. The number of amides is 3. The summed E-state index contributed by atoms with van der Waals surface area (Å²) in [7, 11) is 0. The predicted octanol–water partition coefficient (Wildman–Crippen LogP) is 2.92. The quantitative estimate of drug-likeness (QED) is 0.509. The van der Waals surface area contributed by atoms with Crippen molar-refractivity contribution in [3.63, 3.8) is 0 Å². The van der Waals surface area contributed by atoms with Gasteiger partial charge in [-0.3, -0.25) is 14.4 Å². The summed E-state index contributed by atoms with van der Waals surface area (Å²) in [4.78, 5) is 47.9. The summed E-state index contributed by atoms with van der Waals surface area (Å²) in [6.07, 6.45) is 3.45. The van der Waals surface area contributed by atoms with Crippen LogP contribution in [0, 0.1) is 5.92 Å². The second-order valence-corrected chi connectivity index (χ2v) is 10.3. The molecule has 13 heteroatoms. The summed E-state index contributed by atoms with van der Waals surface area (Å²) >= 11 is 6.35. The number of aromatic amines is 1. The number of ether oxygens (including phenoxy) is 1. The van der Waals surface area contributed by atoms with E-state index >= 15 is 0 Å². The first-order valence-corrected chi connectivity index (χ1v) is 13.0. The molecule has 1 aromatic carbocycles. The molecule has 1 aliphatic carbocycles. The Morgan fingerprint density at radius 2 is 1.82 bits per heavy atom. The number of likely N-dealkylation sites (tertiary alicyclic amines) is 1. The Kier molecular flexibility index (Phi) is 7.53. The first-order valence-electron chi connectivity index (χ1n) is 12.6. The second kappa shape index (κ2) is 10.9. The van der Waals surface area contributed by atoms with Crippen LogP contribution in [0.15, 0.2) is 24.5 Å². The van der Waals surface area contributed by atoms with Gasteiger partial charge in [0, 0.05) is 30.7 Å². The number of aromatic nitrogens is 2. The van der Waals surface area contributed by atoms with Gasteiger partial charge in [-0.1, -0.05) is 11.6 Å². The molecule has 10 nitrogen and oxygen atoms in total. The number of hydrogen-bond donors (Lipinski definition) is 3. The third-order valence-corrected chi connectivity index (χ3v) is 7.55. The molecule has 2 aliphatic heterocycles. The van der Waals surface area contributed by atoms with Gasteiger partial charge in [-0.05, 0) is 43.9 Å². The Morgan fingerprint density at radius 3 is 2.50 bits per heavy atom. The smallest absolute Gasteiger partial charge is 0.282 e. The third-order valence-electron chi connectivity index (χ3n) is 7.22. The minimum absolute atomic E-state index is 0.109. The summed E-state index contributed by atoms with van der Waals surface area (Å²) in [5.74, 6) is -4.50. The number of nitrogens with one attached hydrogen (secondary N) is 3. The number of anilines is 2. The number of alkyl halides is 2. The summed E-state index contributed by atoms with van der Waals surface area (Å²) in [5, 5.41) is 6.28. The van der Waals surface area contributed by atoms with E-state index in [1.54, 1.807) is 6.07 Å². The fraction of sp³-hybridized carbons (Fsp3) is 0.520. The Bertz CT molecular complexity index is 1200. The molecule has 3 aliphatic rings. The van der Waals surface area contributed by atoms with Gasteiger partial charge in [0.15, 0.2) is 5.69 Å². The Labute approximate surface area is 223 Å². The number of benzene rings is 1. The number of carbonyl (C=O) groups is 3. The molecule has 5 rings (SSSR count). The molecule has 2 saturated heterocycles. The van der Waals surface area contributed by atoms with Crippen LogP contribution in [-0.2, 0) is 9.53 Å². The summed E-state index contributed by atoms with van der Waals surface area (Å²) in [6, 6.07) is 5.37. The molecule has 3 amide bonds. The summed E-state index contributed by atoms with van der Waals surface area (Å²) in [5.41, 5.74) is 1.30. The molecule has 2 aromatic rings. The fourth-order valence-electron chi connectivity index (χ4n) is 5.06. The highest BCUT2D eigenvalue weighted by molar-refractivity contribution is 6.33. The minimum atomic E-state index is -2.90. The van der Waals surface area contributed by atoms with Crippen LogP contribution in [0.25, 0.3) is 0 Å². The van der Waals surface area contributed by atoms with Crippen molar-refractivity contribution >= 4 is 40.7 Å². The van der Waals surface area contributed by atoms with E-state index in [1.165, 1.54) is 6.33 Å². The molecule has 0 atom stereocenters. The van der Waals surface area contributed by atoms with Crippen molar-refractivity contribution < 1.29 is 27.9 Å². The second-order valence-electron chi connectivity index (χ2n) is 9.92. The molecule has 3 N–H and O–H groups in total. The van der Waals surface area contributed by atoms with Crippen molar-refractivity contribution in [1.82, 2.24) is 20.2 Å². The van der Waals surface area contributed by atoms with Crippen molar-refractivity contribution in [3.05, 3.63) is 40.9 Å². The SMILES string of the molecule is O=C(NC1CCC(C(=O)Nc2cc(N3CCOCC3)ccc2Cl)CC1)c1nc[nH]c1C(=O)N1CC(F)(F)C1. The van der Waals surface area contributed by atoms with Crippen LogP contribution < -0.4 is 15.5 Å². The van der Waals surface area contributed by atoms with Gasteiger partial charge in [0.05, 0.1) is 43.3 Å². The topological polar surface area (TPSA) is 120 Å². The molecule has 204 valence electrons. The number of nitrogens with zero attached hydrogens (tertiary/aromatic N) is 3. The van der Waals surface area contributed by atoms with Crippen LogP contribution >= 0.6 is 11.6 Å². The van der Waals surface area contributed by atoms with Crippen LogP contribution in [0.1, 0.15) is 46.7 Å². The number of rotatable bonds is 6. The third kappa shape index (κ3) is 5.75. The highest BCUT2D eigenvalue weighted by atomic mass is 35.5. The lowest BCUT2D eigenvalue weighted by Gasteiger charge is -2.38. The van der Waals surface area contributed by atoms with E-state index in [1.807, 2.05) is 12.1 Å². The average Bonchev–Trinajstić information content (AvgIpc) is 3.39. The van der Waals surface area contributed by atoms with Gasteiger partial charge in [-0.25, -0.2) is 13.8 Å². The van der Waals surface area contributed by atoms with Crippen molar-refractivity contribution in [2.24, 2.45) is 5.92 Å². The van der Waals surface area contributed by atoms with Crippen molar-refractivity contribution in [1.29, 1.82) is 0 Å². The van der Waals surface area contributed by atoms with Crippen LogP contribution in [-0.4, -0.2) is 83.9 Å². The number of morpholine rings is 1.